The molecule has 106 valence electrons. The maximum Gasteiger partial charge on any atom is 0.136 e. The molecular formula is C16H24BrNO. The molecule has 0 aliphatic rings. The first-order valence-electron chi connectivity index (χ1n) is 6.70. The van der Waals surface area contributed by atoms with Gasteiger partial charge in [-0.15, -0.1) is 0 Å². The zero-order chi connectivity index (χ0) is 14.6. The fourth-order valence-electron chi connectivity index (χ4n) is 2.18. The van der Waals surface area contributed by atoms with E-state index in [4.69, 9.17) is 4.74 Å². The fourth-order valence-corrected chi connectivity index (χ4v) is 2.82. The van der Waals surface area contributed by atoms with Crippen LogP contribution >= 0.6 is 15.9 Å². The molecule has 0 aromatic heterocycles. The van der Waals surface area contributed by atoms with E-state index in [0.717, 1.165) is 16.6 Å². The number of hydrogen-bond acceptors (Lipinski definition) is 2. The number of ether oxygens (including phenoxy) is 1. The molecule has 1 aromatic carbocycles. The zero-order valence-electron chi connectivity index (χ0n) is 12.7. The van der Waals surface area contributed by atoms with Crippen LogP contribution in [0.1, 0.15) is 58.2 Å². The van der Waals surface area contributed by atoms with Gasteiger partial charge in [-0.25, -0.2) is 0 Å². The Morgan fingerprint density at radius 2 is 2.00 bits per heavy atom. The van der Waals surface area contributed by atoms with Gasteiger partial charge in [-0.05, 0) is 58.6 Å². The van der Waals surface area contributed by atoms with Crippen molar-refractivity contribution in [2.24, 2.45) is 4.99 Å². The first kappa shape index (κ1) is 16.2. The van der Waals surface area contributed by atoms with E-state index in [1.807, 2.05) is 13.1 Å². The topological polar surface area (TPSA) is 21.6 Å². The summed E-state index contributed by atoms with van der Waals surface area (Å²) in [6.45, 7) is 10.7. The summed E-state index contributed by atoms with van der Waals surface area (Å²) < 4.78 is 6.55. The van der Waals surface area contributed by atoms with E-state index in [0.29, 0.717) is 0 Å². The zero-order valence-corrected chi connectivity index (χ0v) is 14.3. The minimum Gasteiger partial charge on any atom is -0.495 e. The first-order valence-corrected chi connectivity index (χ1v) is 7.50. The average molecular weight is 326 g/mol. The molecule has 0 saturated heterocycles. The number of benzene rings is 1. The van der Waals surface area contributed by atoms with Crippen LogP contribution in [-0.4, -0.2) is 13.3 Å². The molecule has 0 fully saturated rings. The summed E-state index contributed by atoms with van der Waals surface area (Å²) in [6, 6.07) is 4.56. The summed E-state index contributed by atoms with van der Waals surface area (Å²) in [7, 11) is 1.72. The summed E-state index contributed by atoms with van der Waals surface area (Å²) in [4.78, 5) is 4.55. The van der Waals surface area contributed by atoms with E-state index >= 15 is 0 Å². The maximum atomic E-state index is 5.55. The minimum atomic E-state index is 0.0398. The fraction of sp³-hybridized carbons (Fsp3) is 0.562. The molecule has 0 aliphatic heterocycles. The van der Waals surface area contributed by atoms with Gasteiger partial charge in [-0.2, -0.15) is 0 Å². The Kier molecular flexibility index (Phi) is 5.60. The second-order valence-electron chi connectivity index (χ2n) is 5.66. The SMILES string of the molecule is CC=NC(CC)c1cc(Br)c(OC)c(C(C)(C)C)c1. The predicted octanol–water partition coefficient (Wildman–Crippen LogP) is 5.30. The van der Waals surface area contributed by atoms with Crippen molar-refractivity contribution >= 4 is 22.1 Å². The van der Waals surface area contributed by atoms with Crippen LogP contribution in [0, 0.1) is 0 Å². The van der Waals surface area contributed by atoms with E-state index < -0.39 is 0 Å². The third-order valence-electron chi connectivity index (χ3n) is 3.18. The Balaban J connectivity index is 3.42. The van der Waals surface area contributed by atoms with Crippen LogP contribution in [0.25, 0.3) is 0 Å². The van der Waals surface area contributed by atoms with Gasteiger partial charge in [0.15, 0.2) is 0 Å². The lowest BCUT2D eigenvalue weighted by atomic mass is 9.84. The Morgan fingerprint density at radius 1 is 1.37 bits per heavy atom. The van der Waals surface area contributed by atoms with Gasteiger partial charge in [0.1, 0.15) is 5.75 Å². The lowest BCUT2D eigenvalue weighted by Crippen LogP contribution is -2.14. The lowest BCUT2D eigenvalue weighted by molar-refractivity contribution is 0.394. The number of halogens is 1. The highest BCUT2D eigenvalue weighted by Crippen LogP contribution is 2.40. The van der Waals surface area contributed by atoms with Gasteiger partial charge < -0.3 is 4.74 Å². The van der Waals surface area contributed by atoms with Crippen molar-refractivity contribution in [3.8, 4) is 5.75 Å². The summed E-state index contributed by atoms with van der Waals surface area (Å²) in [5.41, 5.74) is 2.49. The minimum absolute atomic E-state index is 0.0398. The van der Waals surface area contributed by atoms with E-state index in [1.165, 1.54) is 11.1 Å². The molecule has 3 heteroatoms. The van der Waals surface area contributed by atoms with E-state index in [2.05, 4.69) is 60.8 Å². The molecule has 0 aliphatic carbocycles. The van der Waals surface area contributed by atoms with Crippen molar-refractivity contribution < 1.29 is 4.74 Å². The molecule has 0 saturated carbocycles. The lowest BCUT2D eigenvalue weighted by Gasteiger charge is -2.25. The summed E-state index contributed by atoms with van der Waals surface area (Å²) >= 11 is 3.62. The van der Waals surface area contributed by atoms with Crippen molar-refractivity contribution in [3.63, 3.8) is 0 Å². The molecular weight excluding hydrogens is 302 g/mol. The van der Waals surface area contributed by atoms with Crippen LogP contribution in [0.5, 0.6) is 5.75 Å². The quantitative estimate of drug-likeness (QED) is 0.688. The van der Waals surface area contributed by atoms with Crippen molar-refractivity contribution in [2.45, 2.75) is 52.5 Å². The van der Waals surface area contributed by atoms with Crippen LogP contribution in [-0.2, 0) is 5.41 Å². The Morgan fingerprint density at radius 3 is 2.42 bits per heavy atom. The van der Waals surface area contributed by atoms with Crippen LogP contribution in [0.15, 0.2) is 21.6 Å². The molecule has 1 atom stereocenters. The molecule has 2 nitrogen and oxygen atoms in total. The number of rotatable bonds is 4. The molecule has 1 unspecified atom stereocenters. The molecule has 0 amide bonds. The standard InChI is InChI=1S/C16H24BrNO/c1-7-14(18-8-2)11-9-12(16(3,4)5)15(19-6)13(17)10-11/h8-10,14H,7H2,1-6H3. The molecule has 0 bridgehead atoms. The number of nitrogens with zero attached hydrogens (tertiary/aromatic N) is 1. The third kappa shape index (κ3) is 3.82. The molecule has 1 aromatic rings. The van der Waals surface area contributed by atoms with Crippen molar-refractivity contribution in [1.29, 1.82) is 0 Å². The maximum absolute atomic E-state index is 5.55. The van der Waals surface area contributed by atoms with Gasteiger partial charge >= 0.3 is 0 Å². The van der Waals surface area contributed by atoms with Crippen molar-refractivity contribution in [2.75, 3.05) is 7.11 Å². The van der Waals surface area contributed by atoms with Gasteiger partial charge in [-0.1, -0.05) is 27.7 Å². The highest BCUT2D eigenvalue weighted by atomic mass is 79.9. The van der Waals surface area contributed by atoms with E-state index in [9.17, 15) is 0 Å². The van der Waals surface area contributed by atoms with Crippen LogP contribution in [0.3, 0.4) is 0 Å². The van der Waals surface area contributed by atoms with Gasteiger partial charge in [-0.3, -0.25) is 4.99 Å². The highest BCUT2D eigenvalue weighted by molar-refractivity contribution is 9.10. The Labute approximate surface area is 125 Å². The second-order valence-corrected chi connectivity index (χ2v) is 6.52. The summed E-state index contributed by atoms with van der Waals surface area (Å²) in [6.07, 6.45) is 2.87. The molecule has 19 heavy (non-hydrogen) atoms. The van der Waals surface area contributed by atoms with Gasteiger partial charge in [0, 0.05) is 5.56 Å². The van der Waals surface area contributed by atoms with E-state index in [1.54, 1.807) is 7.11 Å². The molecule has 0 spiro atoms. The van der Waals surface area contributed by atoms with Gasteiger partial charge in [0.05, 0.1) is 17.6 Å². The second kappa shape index (κ2) is 6.56. The molecule has 0 radical (unpaired) electrons. The highest BCUT2D eigenvalue weighted by Gasteiger charge is 2.23. The van der Waals surface area contributed by atoms with Crippen molar-refractivity contribution in [1.82, 2.24) is 0 Å². The van der Waals surface area contributed by atoms with Crippen LogP contribution < -0.4 is 4.74 Å². The Bertz CT molecular complexity index is 461. The Hall–Kier alpha value is -0.830. The number of aliphatic imine (C=N–C) groups is 1. The largest absolute Gasteiger partial charge is 0.495 e. The first-order chi connectivity index (χ1) is 8.85. The number of hydrogen-bond donors (Lipinski definition) is 0. The van der Waals surface area contributed by atoms with Gasteiger partial charge in [0.25, 0.3) is 0 Å². The van der Waals surface area contributed by atoms with Gasteiger partial charge in [0.2, 0.25) is 0 Å². The van der Waals surface area contributed by atoms with Crippen LogP contribution in [0.4, 0.5) is 0 Å². The molecule has 0 N–H and O–H groups in total. The summed E-state index contributed by atoms with van der Waals surface area (Å²) in [5, 5.41) is 0. The molecule has 0 heterocycles. The third-order valence-corrected chi connectivity index (χ3v) is 3.77. The predicted molar refractivity (Wildman–Crippen MR) is 86.6 cm³/mol. The van der Waals surface area contributed by atoms with Crippen molar-refractivity contribution in [3.05, 3.63) is 27.7 Å². The normalized spacial score (nSPS) is 13.8. The van der Waals surface area contributed by atoms with Crippen LogP contribution in [0.2, 0.25) is 0 Å². The smallest absolute Gasteiger partial charge is 0.136 e. The monoisotopic (exact) mass is 325 g/mol. The number of methoxy groups -OCH3 is 1. The summed E-state index contributed by atoms with van der Waals surface area (Å²) in [5.74, 6) is 0.923. The molecule has 1 rings (SSSR count). The van der Waals surface area contributed by atoms with E-state index in [-0.39, 0.29) is 11.5 Å². The average Bonchev–Trinajstić information content (AvgIpc) is 2.33.